The van der Waals surface area contributed by atoms with Crippen LogP contribution in [0.4, 0.5) is 10.5 Å². The fourth-order valence-electron chi connectivity index (χ4n) is 3.21. The monoisotopic (exact) mass is 377 g/mol. The third-order valence-electron chi connectivity index (χ3n) is 4.74. The largest absolute Gasteiger partial charge is 0.467 e. The minimum Gasteiger partial charge on any atom is -0.467 e. The SMILES string of the molecule is O=C(NCc1ccco1)N1CCN(c2ccc(Oc3ccccc3)cc2)CC1. The van der Waals surface area contributed by atoms with E-state index >= 15 is 0 Å². The van der Waals surface area contributed by atoms with E-state index in [4.69, 9.17) is 9.15 Å². The normalized spacial score (nSPS) is 14.0. The predicted octanol–water partition coefficient (Wildman–Crippen LogP) is 4.10. The Kier molecular flexibility index (Phi) is 5.47. The van der Waals surface area contributed by atoms with Crippen molar-refractivity contribution in [2.24, 2.45) is 0 Å². The van der Waals surface area contributed by atoms with Crippen molar-refractivity contribution in [3.05, 3.63) is 78.8 Å². The average molecular weight is 377 g/mol. The molecule has 6 heteroatoms. The first-order valence-electron chi connectivity index (χ1n) is 9.41. The van der Waals surface area contributed by atoms with E-state index in [0.717, 1.165) is 36.0 Å². The van der Waals surface area contributed by atoms with Gasteiger partial charge in [-0.2, -0.15) is 0 Å². The first-order chi connectivity index (χ1) is 13.8. The van der Waals surface area contributed by atoms with E-state index in [-0.39, 0.29) is 6.03 Å². The number of benzene rings is 2. The van der Waals surface area contributed by atoms with E-state index in [9.17, 15) is 4.79 Å². The van der Waals surface area contributed by atoms with E-state index in [1.807, 2.05) is 59.5 Å². The number of nitrogens with one attached hydrogen (secondary N) is 1. The summed E-state index contributed by atoms with van der Waals surface area (Å²) in [6, 6.07) is 21.4. The van der Waals surface area contributed by atoms with Crippen molar-refractivity contribution in [1.29, 1.82) is 0 Å². The fourth-order valence-corrected chi connectivity index (χ4v) is 3.21. The van der Waals surface area contributed by atoms with Gasteiger partial charge in [0.15, 0.2) is 0 Å². The summed E-state index contributed by atoms with van der Waals surface area (Å²) < 4.78 is 11.1. The number of anilines is 1. The number of hydrogen-bond donors (Lipinski definition) is 1. The van der Waals surface area contributed by atoms with Crippen LogP contribution in [0.5, 0.6) is 11.5 Å². The number of para-hydroxylation sites is 1. The van der Waals surface area contributed by atoms with Crippen LogP contribution in [0, 0.1) is 0 Å². The standard InChI is InChI=1S/C22H23N3O3/c26-22(23-17-21-7-4-16-27-21)25-14-12-24(13-15-25)18-8-10-20(11-9-18)28-19-5-2-1-3-6-19/h1-11,16H,12-15,17H2,(H,23,26). The lowest BCUT2D eigenvalue weighted by atomic mass is 10.2. The van der Waals surface area contributed by atoms with Crippen molar-refractivity contribution in [3.8, 4) is 11.5 Å². The predicted molar refractivity (Wildman–Crippen MR) is 108 cm³/mol. The average Bonchev–Trinajstić information content (AvgIpc) is 3.27. The Hall–Kier alpha value is -3.41. The van der Waals surface area contributed by atoms with Crippen molar-refractivity contribution in [1.82, 2.24) is 10.2 Å². The molecule has 1 saturated heterocycles. The minimum atomic E-state index is -0.0531. The summed E-state index contributed by atoms with van der Waals surface area (Å²) in [5.41, 5.74) is 1.14. The molecule has 0 saturated carbocycles. The molecule has 6 nitrogen and oxygen atoms in total. The highest BCUT2D eigenvalue weighted by atomic mass is 16.5. The molecule has 28 heavy (non-hydrogen) atoms. The van der Waals surface area contributed by atoms with Gasteiger partial charge < -0.3 is 24.3 Å². The number of nitrogens with zero attached hydrogens (tertiary/aromatic N) is 2. The second-order valence-electron chi connectivity index (χ2n) is 6.62. The van der Waals surface area contributed by atoms with Crippen molar-refractivity contribution >= 4 is 11.7 Å². The van der Waals surface area contributed by atoms with Crippen LogP contribution in [0.15, 0.2) is 77.4 Å². The highest BCUT2D eigenvalue weighted by Gasteiger charge is 2.21. The lowest BCUT2D eigenvalue weighted by Gasteiger charge is -2.36. The van der Waals surface area contributed by atoms with Crippen molar-refractivity contribution in [3.63, 3.8) is 0 Å². The maximum absolute atomic E-state index is 12.3. The van der Waals surface area contributed by atoms with Crippen LogP contribution in [0.2, 0.25) is 0 Å². The van der Waals surface area contributed by atoms with Crippen molar-refractivity contribution in [2.45, 2.75) is 6.54 Å². The highest BCUT2D eigenvalue weighted by Crippen LogP contribution is 2.25. The molecule has 2 aromatic carbocycles. The molecule has 0 atom stereocenters. The quantitative estimate of drug-likeness (QED) is 0.727. The molecule has 0 aliphatic carbocycles. The van der Waals surface area contributed by atoms with Gasteiger partial charge in [-0.05, 0) is 48.5 Å². The Balaban J connectivity index is 1.27. The lowest BCUT2D eigenvalue weighted by molar-refractivity contribution is 0.193. The Bertz CT molecular complexity index is 871. The van der Waals surface area contributed by atoms with Gasteiger partial charge in [-0.1, -0.05) is 18.2 Å². The zero-order valence-electron chi connectivity index (χ0n) is 15.6. The molecular weight excluding hydrogens is 354 g/mol. The molecule has 0 spiro atoms. The molecule has 1 fully saturated rings. The maximum Gasteiger partial charge on any atom is 0.317 e. The van der Waals surface area contributed by atoms with Crippen molar-refractivity contribution in [2.75, 3.05) is 31.1 Å². The number of amides is 2. The molecule has 1 aliphatic rings. The third kappa shape index (κ3) is 4.46. The van der Waals surface area contributed by atoms with Crippen LogP contribution in [-0.4, -0.2) is 37.1 Å². The summed E-state index contributed by atoms with van der Waals surface area (Å²) in [6.45, 7) is 3.38. The number of carbonyl (C=O) groups excluding carboxylic acids is 1. The Morgan fingerprint density at radius 1 is 0.893 bits per heavy atom. The number of furan rings is 1. The molecule has 1 aliphatic heterocycles. The third-order valence-corrected chi connectivity index (χ3v) is 4.74. The van der Waals surface area contributed by atoms with Crippen LogP contribution < -0.4 is 15.0 Å². The molecule has 1 aromatic heterocycles. The molecule has 3 aromatic rings. The second kappa shape index (κ2) is 8.52. The molecular formula is C22H23N3O3. The lowest BCUT2D eigenvalue weighted by Crippen LogP contribution is -2.51. The van der Waals surface area contributed by atoms with Gasteiger partial charge in [0.2, 0.25) is 0 Å². The molecule has 2 amide bonds. The van der Waals surface area contributed by atoms with E-state index in [1.165, 1.54) is 0 Å². The molecule has 0 radical (unpaired) electrons. The molecule has 144 valence electrons. The van der Waals surface area contributed by atoms with Crippen LogP contribution in [-0.2, 0) is 6.54 Å². The van der Waals surface area contributed by atoms with Crippen molar-refractivity contribution < 1.29 is 13.9 Å². The number of rotatable bonds is 5. The van der Waals surface area contributed by atoms with E-state index in [0.29, 0.717) is 19.6 Å². The van der Waals surface area contributed by atoms with Crippen LogP contribution in [0.3, 0.4) is 0 Å². The maximum atomic E-state index is 12.3. The number of carbonyl (C=O) groups is 1. The summed E-state index contributed by atoms with van der Waals surface area (Å²) in [6.07, 6.45) is 1.61. The minimum absolute atomic E-state index is 0.0531. The number of ether oxygens (including phenoxy) is 1. The van der Waals surface area contributed by atoms with Gasteiger partial charge >= 0.3 is 6.03 Å². The van der Waals surface area contributed by atoms with E-state index in [2.05, 4.69) is 22.3 Å². The van der Waals surface area contributed by atoms with Gasteiger partial charge in [-0.15, -0.1) is 0 Å². The Morgan fingerprint density at radius 3 is 2.29 bits per heavy atom. The van der Waals surface area contributed by atoms with Crippen LogP contribution >= 0.6 is 0 Å². The summed E-state index contributed by atoms with van der Waals surface area (Å²) in [7, 11) is 0. The zero-order valence-corrected chi connectivity index (χ0v) is 15.6. The van der Waals surface area contributed by atoms with Gasteiger partial charge in [0, 0.05) is 31.9 Å². The van der Waals surface area contributed by atoms with Gasteiger partial charge in [0.05, 0.1) is 12.8 Å². The molecule has 0 bridgehead atoms. The van der Waals surface area contributed by atoms with Crippen LogP contribution in [0.1, 0.15) is 5.76 Å². The van der Waals surface area contributed by atoms with Gasteiger partial charge in [0.25, 0.3) is 0 Å². The van der Waals surface area contributed by atoms with E-state index in [1.54, 1.807) is 6.26 Å². The highest BCUT2D eigenvalue weighted by molar-refractivity contribution is 5.74. The summed E-state index contributed by atoms with van der Waals surface area (Å²) in [5, 5.41) is 2.90. The van der Waals surface area contributed by atoms with Crippen LogP contribution in [0.25, 0.3) is 0 Å². The number of piperazine rings is 1. The second-order valence-corrected chi connectivity index (χ2v) is 6.62. The summed E-state index contributed by atoms with van der Waals surface area (Å²) in [4.78, 5) is 16.4. The van der Waals surface area contributed by atoms with Gasteiger partial charge in [0.1, 0.15) is 17.3 Å². The van der Waals surface area contributed by atoms with E-state index < -0.39 is 0 Å². The first kappa shape index (κ1) is 18.0. The number of urea groups is 1. The molecule has 4 rings (SSSR count). The first-order valence-corrected chi connectivity index (χ1v) is 9.41. The Labute approximate surface area is 164 Å². The number of hydrogen-bond acceptors (Lipinski definition) is 4. The smallest absolute Gasteiger partial charge is 0.317 e. The summed E-state index contributed by atoms with van der Waals surface area (Å²) >= 11 is 0. The molecule has 2 heterocycles. The molecule has 0 unspecified atom stereocenters. The Morgan fingerprint density at radius 2 is 1.61 bits per heavy atom. The zero-order chi connectivity index (χ0) is 19.2. The summed E-state index contributed by atoms with van der Waals surface area (Å²) in [5.74, 6) is 2.39. The van der Waals surface area contributed by atoms with Gasteiger partial charge in [-0.25, -0.2) is 4.79 Å². The van der Waals surface area contributed by atoms with Gasteiger partial charge in [-0.3, -0.25) is 0 Å². The fraction of sp³-hybridized carbons (Fsp3) is 0.227. The molecule has 1 N–H and O–H groups in total. The topological polar surface area (TPSA) is 58.0 Å².